The first-order valence-corrected chi connectivity index (χ1v) is 16.3. The molecule has 41 heavy (non-hydrogen) atoms. The number of halogens is 1. The molecule has 4 aromatic rings. The minimum Gasteiger partial charge on any atom is -0.505 e. The summed E-state index contributed by atoms with van der Waals surface area (Å²) in [6, 6.07) is 15.0. The maximum absolute atomic E-state index is 13.2. The van der Waals surface area contributed by atoms with Gasteiger partial charge in [0.25, 0.3) is 30.3 Å². The number of nitrogens with one attached hydrogen (secondary N) is 1. The summed E-state index contributed by atoms with van der Waals surface area (Å²) in [6.07, 6.45) is 0. The van der Waals surface area contributed by atoms with Gasteiger partial charge in [-0.1, -0.05) is 35.4 Å². The van der Waals surface area contributed by atoms with Crippen molar-refractivity contribution in [2.24, 2.45) is 10.2 Å². The maximum atomic E-state index is 13.2. The molecule has 216 valence electrons. The first kappa shape index (κ1) is 30.4. The van der Waals surface area contributed by atoms with E-state index in [2.05, 4.69) is 19.1 Å². The second kappa shape index (κ2) is 11.3. The van der Waals surface area contributed by atoms with Crippen LogP contribution < -0.4 is 4.72 Å². The van der Waals surface area contributed by atoms with E-state index >= 15 is 0 Å². The van der Waals surface area contributed by atoms with Crippen LogP contribution in [0, 0.1) is 6.92 Å². The Kier molecular flexibility index (Phi) is 8.40. The molecular formula is C25H22ClN3O9S3. The predicted octanol–water partition coefficient (Wildman–Crippen LogP) is 5.45. The van der Waals surface area contributed by atoms with Crippen LogP contribution in [0.1, 0.15) is 11.1 Å². The Morgan fingerprint density at radius 3 is 2.20 bits per heavy atom. The topological polar surface area (TPSA) is 189 Å². The molecule has 0 spiro atoms. The highest BCUT2D eigenvalue weighted by molar-refractivity contribution is 7.92. The Bertz CT molecular complexity index is 2010. The van der Waals surface area contributed by atoms with Gasteiger partial charge in [-0.2, -0.15) is 21.9 Å². The van der Waals surface area contributed by atoms with E-state index in [1.807, 2.05) is 0 Å². The molecule has 3 N–H and O–H groups in total. The fraction of sp³-hybridized carbons (Fsp3) is 0.120. The molecule has 4 aromatic carbocycles. The number of hydrogen-bond donors (Lipinski definition) is 3. The van der Waals surface area contributed by atoms with Crippen molar-refractivity contribution < 1.29 is 39.1 Å². The number of phenolic OH excluding ortho intramolecular Hbond substituents is 1. The Hall–Kier alpha value is -3.60. The van der Waals surface area contributed by atoms with Gasteiger partial charge in [-0.15, -0.1) is 5.11 Å². The monoisotopic (exact) mass is 639 g/mol. The summed E-state index contributed by atoms with van der Waals surface area (Å²) in [5.41, 5.74) is -0.0393. The third-order valence-electron chi connectivity index (χ3n) is 5.73. The van der Waals surface area contributed by atoms with Gasteiger partial charge in [0.1, 0.15) is 11.4 Å². The van der Waals surface area contributed by atoms with Gasteiger partial charge in [0.2, 0.25) is 0 Å². The molecule has 0 heterocycles. The normalized spacial score (nSPS) is 12.7. The van der Waals surface area contributed by atoms with Crippen LogP contribution in [0.25, 0.3) is 10.8 Å². The molecule has 0 amide bonds. The number of azo groups is 1. The van der Waals surface area contributed by atoms with Crippen molar-refractivity contribution >= 4 is 69.7 Å². The van der Waals surface area contributed by atoms with Gasteiger partial charge in [0.15, 0.2) is 5.75 Å². The van der Waals surface area contributed by atoms with E-state index in [0.29, 0.717) is 5.02 Å². The Labute approximate surface area is 241 Å². The highest BCUT2D eigenvalue weighted by Gasteiger charge is 2.25. The van der Waals surface area contributed by atoms with Crippen LogP contribution >= 0.6 is 11.6 Å². The summed E-state index contributed by atoms with van der Waals surface area (Å²) in [7, 11) is -12.5. The zero-order valence-electron chi connectivity index (χ0n) is 21.3. The summed E-state index contributed by atoms with van der Waals surface area (Å²) in [6.45, 7) is 1.76. The van der Waals surface area contributed by atoms with Gasteiger partial charge in [-0.25, -0.2) is 8.42 Å². The van der Waals surface area contributed by atoms with Crippen molar-refractivity contribution in [2.45, 2.75) is 22.5 Å². The quantitative estimate of drug-likeness (QED) is 0.121. The van der Waals surface area contributed by atoms with Crippen LogP contribution in [0.4, 0.5) is 17.1 Å². The first-order chi connectivity index (χ1) is 19.1. The molecule has 0 atom stereocenters. The van der Waals surface area contributed by atoms with E-state index in [1.165, 1.54) is 24.3 Å². The second-order valence-corrected chi connectivity index (χ2v) is 14.0. The molecule has 0 fully saturated rings. The molecule has 0 aliphatic heterocycles. The number of anilines is 1. The summed E-state index contributed by atoms with van der Waals surface area (Å²) >= 11 is 5.97. The van der Waals surface area contributed by atoms with Gasteiger partial charge < -0.3 is 5.11 Å². The van der Waals surface area contributed by atoms with Gasteiger partial charge in [-0.05, 0) is 60.8 Å². The van der Waals surface area contributed by atoms with E-state index < -0.39 is 52.3 Å². The molecule has 0 aliphatic carbocycles. The molecule has 0 aromatic heterocycles. The summed E-state index contributed by atoms with van der Waals surface area (Å²) in [5.74, 6) is -1.78. The minimum absolute atomic E-state index is 0.109. The summed E-state index contributed by atoms with van der Waals surface area (Å²) in [4.78, 5) is -0.654. The van der Waals surface area contributed by atoms with Crippen LogP contribution in [-0.2, 0) is 40.2 Å². The molecule has 12 nitrogen and oxygen atoms in total. The number of aromatic hydroxyl groups is 1. The second-order valence-electron chi connectivity index (χ2n) is 8.75. The van der Waals surface area contributed by atoms with Gasteiger partial charge in [0.05, 0.1) is 33.7 Å². The smallest absolute Gasteiger partial charge is 0.296 e. The Morgan fingerprint density at radius 1 is 0.902 bits per heavy atom. The summed E-state index contributed by atoms with van der Waals surface area (Å²) in [5, 5.41) is 19.2. The molecule has 0 bridgehead atoms. The lowest BCUT2D eigenvalue weighted by atomic mass is 10.0. The van der Waals surface area contributed by atoms with Gasteiger partial charge in [-0.3, -0.25) is 13.5 Å². The van der Waals surface area contributed by atoms with Gasteiger partial charge >= 0.3 is 0 Å². The molecular weight excluding hydrogens is 618 g/mol. The number of aryl methyl sites for hydroxylation is 1. The van der Waals surface area contributed by atoms with Crippen LogP contribution in [0.15, 0.2) is 86.7 Å². The van der Waals surface area contributed by atoms with E-state index in [0.717, 1.165) is 30.9 Å². The van der Waals surface area contributed by atoms with Crippen LogP contribution in [-0.4, -0.2) is 42.0 Å². The first-order valence-electron chi connectivity index (χ1n) is 11.4. The SMILES string of the molecule is COS(=O)(=O)c1cc(NS(=O)(=O)c2ccc(C)cc2)c2c(O)c(N=Nc3cccc(Cl)c3)c(CS(=O)(=O)O)cc2c1. The zero-order chi connectivity index (χ0) is 30.2. The molecule has 0 unspecified atom stereocenters. The summed E-state index contributed by atoms with van der Waals surface area (Å²) < 4.78 is 91.7. The fourth-order valence-corrected chi connectivity index (χ4v) is 6.43. The molecule has 0 radical (unpaired) electrons. The van der Waals surface area contributed by atoms with Crippen molar-refractivity contribution in [3.63, 3.8) is 0 Å². The van der Waals surface area contributed by atoms with E-state index in [1.54, 1.807) is 31.2 Å². The third-order valence-corrected chi connectivity index (χ3v) is 9.28. The van der Waals surface area contributed by atoms with E-state index in [9.17, 15) is 34.9 Å². The number of phenols is 1. The lowest BCUT2D eigenvalue weighted by Crippen LogP contribution is -2.14. The third kappa shape index (κ3) is 7.01. The lowest BCUT2D eigenvalue weighted by molar-refractivity contribution is 0.398. The zero-order valence-corrected chi connectivity index (χ0v) is 24.5. The number of hydrogen-bond acceptors (Lipinski definition) is 10. The van der Waals surface area contributed by atoms with E-state index in [-0.39, 0.29) is 32.6 Å². The number of benzene rings is 4. The largest absolute Gasteiger partial charge is 0.505 e. The minimum atomic E-state index is -4.68. The lowest BCUT2D eigenvalue weighted by Gasteiger charge is -2.16. The number of nitrogens with zero attached hydrogens (tertiary/aromatic N) is 2. The van der Waals surface area contributed by atoms with Crippen molar-refractivity contribution in [3.8, 4) is 5.75 Å². The van der Waals surface area contributed by atoms with Crippen LogP contribution in [0.5, 0.6) is 5.75 Å². The average molecular weight is 640 g/mol. The van der Waals surface area contributed by atoms with Gasteiger partial charge in [0, 0.05) is 10.6 Å². The highest BCUT2D eigenvalue weighted by Crippen LogP contribution is 2.45. The van der Waals surface area contributed by atoms with Crippen molar-refractivity contribution in [2.75, 3.05) is 11.8 Å². The number of rotatable bonds is 9. The fourth-order valence-electron chi connectivity index (χ4n) is 3.85. The predicted molar refractivity (Wildman–Crippen MR) is 153 cm³/mol. The molecule has 16 heteroatoms. The molecule has 0 saturated carbocycles. The van der Waals surface area contributed by atoms with E-state index in [4.69, 9.17) is 11.6 Å². The average Bonchev–Trinajstić information content (AvgIpc) is 2.87. The Morgan fingerprint density at radius 2 is 1.59 bits per heavy atom. The standard InChI is InChI=1S/C25H22ClN3O9S3/c1-15-6-8-20(9-7-15)40(34,35)29-22-13-21(41(36,37)38-2)11-16-10-17(14-39(31,32)33)24(25(30)23(16)22)28-27-19-5-3-4-18(26)12-19/h3-13,29-30H,14H2,1-2H3,(H,31,32,33). The van der Waals surface area contributed by atoms with Crippen molar-refractivity contribution in [3.05, 3.63) is 82.9 Å². The van der Waals surface area contributed by atoms with Crippen molar-refractivity contribution in [1.82, 2.24) is 0 Å². The highest BCUT2D eigenvalue weighted by atomic mass is 35.5. The molecule has 4 rings (SSSR count). The molecule has 0 saturated heterocycles. The Balaban J connectivity index is 2.03. The van der Waals surface area contributed by atoms with Crippen LogP contribution in [0.3, 0.4) is 0 Å². The maximum Gasteiger partial charge on any atom is 0.296 e. The molecule has 0 aliphatic rings. The van der Waals surface area contributed by atoms with Crippen molar-refractivity contribution in [1.29, 1.82) is 0 Å². The van der Waals surface area contributed by atoms with Crippen LogP contribution in [0.2, 0.25) is 5.02 Å². The number of fused-ring (bicyclic) bond motifs is 1. The number of sulfonamides is 1.